The van der Waals surface area contributed by atoms with E-state index >= 15 is 0 Å². The van der Waals surface area contributed by atoms with Crippen molar-refractivity contribution in [1.29, 1.82) is 0 Å². The number of amides is 1. The van der Waals surface area contributed by atoms with Gasteiger partial charge in [0.1, 0.15) is 0 Å². The van der Waals surface area contributed by atoms with Gasteiger partial charge >= 0.3 is 5.97 Å². The third kappa shape index (κ3) is 2.35. The maximum Gasteiger partial charge on any atom is 0.332 e. The molecule has 2 rings (SSSR count). The van der Waals surface area contributed by atoms with Crippen LogP contribution in [-0.2, 0) is 9.53 Å². The molecule has 94 valence electrons. The molecule has 1 amide bonds. The highest BCUT2D eigenvalue weighted by Crippen LogP contribution is 2.32. The van der Waals surface area contributed by atoms with Gasteiger partial charge in [-0.25, -0.2) is 4.79 Å². The summed E-state index contributed by atoms with van der Waals surface area (Å²) in [4.78, 5) is 23.0. The number of hydrogen-bond donors (Lipinski definition) is 1. The molecule has 0 radical (unpaired) electrons. The number of hydrogen-bond acceptors (Lipinski definition) is 3. The fraction of sp³-hybridized carbons (Fsp3) is 0.167. The first kappa shape index (κ1) is 12.9. The predicted molar refractivity (Wildman–Crippen MR) is 68.5 cm³/mol. The number of carbonyl (C=O) groups excluding carboxylic acids is 2. The molecule has 18 heavy (non-hydrogen) atoms. The topological polar surface area (TPSA) is 55.4 Å². The van der Waals surface area contributed by atoms with Crippen LogP contribution in [0.3, 0.4) is 0 Å². The summed E-state index contributed by atoms with van der Waals surface area (Å²) >= 11 is 11.7. The average Bonchev–Trinajstić information content (AvgIpc) is 2.57. The van der Waals surface area contributed by atoms with Crippen LogP contribution < -0.4 is 5.32 Å². The summed E-state index contributed by atoms with van der Waals surface area (Å²) in [5.74, 6) is -0.842. The second-order valence-corrected chi connectivity index (χ2v) is 4.39. The van der Waals surface area contributed by atoms with Crippen molar-refractivity contribution in [2.24, 2.45) is 0 Å². The van der Waals surface area contributed by atoms with Gasteiger partial charge in [0.25, 0.3) is 5.91 Å². The average molecular weight is 286 g/mol. The van der Waals surface area contributed by atoms with Gasteiger partial charge in [-0.2, -0.15) is 0 Å². The van der Waals surface area contributed by atoms with Crippen molar-refractivity contribution in [1.82, 2.24) is 5.32 Å². The van der Waals surface area contributed by atoms with E-state index in [4.69, 9.17) is 27.9 Å². The Morgan fingerprint density at radius 2 is 1.94 bits per heavy atom. The van der Waals surface area contributed by atoms with Crippen LogP contribution in [0.1, 0.15) is 22.8 Å². The van der Waals surface area contributed by atoms with Gasteiger partial charge in [-0.15, -0.1) is 0 Å². The number of benzene rings is 1. The fourth-order valence-corrected chi connectivity index (χ4v) is 1.96. The normalized spacial score (nSPS) is 15.5. The maximum atomic E-state index is 11.7. The Morgan fingerprint density at radius 3 is 2.56 bits per heavy atom. The molecular formula is C12H9Cl2NO3. The van der Waals surface area contributed by atoms with Gasteiger partial charge in [-0.3, -0.25) is 4.79 Å². The molecule has 1 N–H and O–H groups in total. The molecule has 1 aliphatic heterocycles. The Labute approximate surface area is 114 Å². The molecule has 0 bridgehead atoms. The summed E-state index contributed by atoms with van der Waals surface area (Å²) in [6, 6.07) is 3.02. The van der Waals surface area contributed by atoms with E-state index in [9.17, 15) is 9.59 Å². The number of ether oxygens (including phenoxy) is 1. The van der Waals surface area contributed by atoms with Crippen molar-refractivity contribution in [2.45, 2.75) is 6.92 Å². The van der Waals surface area contributed by atoms with Crippen molar-refractivity contribution < 1.29 is 14.3 Å². The lowest BCUT2D eigenvalue weighted by Crippen LogP contribution is -2.13. The Bertz CT molecular complexity index is 567. The number of fused-ring (bicyclic) bond motifs is 1. The van der Waals surface area contributed by atoms with E-state index < -0.39 is 5.97 Å². The van der Waals surface area contributed by atoms with Crippen LogP contribution in [0.5, 0.6) is 0 Å². The fourth-order valence-electron chi connectivity index (χ4n) is 1.63. The number of nitrogens with one attached hydrogen (secondary N) is 1. The minimum absolute atomic E-state index is 0.269. The van der Waals surface area contributed by atoms with Crippen molar-refractivity contribution in [3.63, 3.8) is 0 Å². The molecule has 0 unspecified atom stereocenters. The highest BCUT2D eigenvalue weighted by molar-refractivity contribution is 6.42. The van der Waals surface area contributed by atoms with Crippen LogP contribution >= 0.6 is 23.2 Å². The molecule has 0 fully saturated rings. The first-order valence-corrected chi connectivity index (χ1v) is 5.97. The molecule has 1 aromatic carbocycles. The molecule has 1 heterocycles. The smallest absolute Gasteiger partial charge is 0.332 e. The van der Waals surface area contributed by atoms with Gasteiger partial charge in [0.15, 0.2) is 0 Å². The molecule has 6 heteroatoms. The van der Waals surface area contributed by atoms with Crippen molar-refractivity contribution in [2.75, 3.05) is 6.61 Å². The summed E-state index contributed by atoms with van der Waals surface area (Å²) in [5, 5.41) is 3.18. The minimum Gasteiger partial charge on any atom is -0.463 e. The monoisotopic (exact) mass is 285 g/mol. The van der Waals surface area contributed by atoms with Crippen LogP contribution in [0, 0.1) is 0 Å². The SMILES string of the molecule is CCOC(=O)/C=C1/NC(=O)c2cc(Cl)c(Cl)cc21. The standard InChI is InChI=1S/C12H9Cl2NO3/c1-2-18-11(16)5-10-6-3-8(13)9(14)4-7(6)12(17)15-10/h3-5H,2H2,1H3,(H,15,17)/b10-5+. The minimum atomic E-state index is -0.522. The molecule has 0 aromatic heterocycles. The molecule has 0 saturated heterocycles. The van der Waals surface area contributed by atoms with Crippen molar-refractivity contribution >= 4 is 40.8 Å². The lowest BCUT2D eigenvalue weighted by molar-refractivity contribution is -0.137. The highest BCUT2D eigenvalue weighted by Gasteiger charge is 2.25. The zero-order chi connectivity index (χ0) is 13.3. The van der Waals surface area contributed by atoms with Gasteiger partial charge in [0, 0.05) is 11.6 Å². The van der Waals surface area contributed by atoms with E-state index in [2.05, 4.69) is 5.32 Å². The first-order valence-electron chi connectivity index (χ1n) is 5.22. The van der Waals surface area contributed by atoms with Gasteiger partial charge in [0.05, 0.1) is 27.9 Å². The number of rotatable bonds is 2. The molecule has 0 saturated carbocycles. The van der Waals surface area contributed by atoms with E-state index in [0.29, 0.717) is 26.9 Å². The summed E-state index contributed by atoms with van der Waals surface area (Å²) < 4.78 is 4.78. The predicted octanol–water partition coefficient (Wildman–Crippen LogP) is 2.64. The number of esters is 1. The van der Waals surface area contributed by atoms with E-state index in [1.165, 1.54) is 12.1 Å². The molecule has 0 aliphatic carbocycles. The Hall–Kier alpha value is -1.52. The van der Waals surface area contributed by atoms with Gasteiger partial charge in [-0.05, 0) is 19.1 Å². The third-order valence-corrected chi connectivity index (χ3v) is 3.11. The van der Waals surface area contributed by atoms with Crippen LogP contribution in [0.2, 0.25) is 10.0 Å². The van der Waals surface area contributed by atoms with Gasteiger partial charge in [0.2, 0.25) is 0 Å². The van der Waals surface area contributed by atoms with Crippen LogP contribution in [0.4, 0.5) is 0 Å². The quantitative estimate of drug-likeness (QED) is 0.671. The molecule has 0 atom stereocenters. The van der Waals surface area contributed by atoms with Crippen LogP contribution in [0.15, 0.2) is 18.2 Å². The summed E-state index contributed by atoms with van der Waals surface area (Å²) in [5.41, 5.74) is 1.30. The van der Waals surface area contributed by atoms with Gasteiger partial charge in [-0.1, -0.05) is 23.2 Å². The second kappa shape index (κ2) is 5.00. The van der Waals surface area contributed by atoms with Gasteiger partial charge < -0.3 is 10.1 Å². The zero-order valence-electron chi connectivity index (χ0n) is 9.42. The molecule has 1 aromatic rings. The number of halogens is 2. The number of carbonyl (C=O) groups is 2. The third-order valence-electron chi connectivity index (χ3n) is 2.39. The summed E-state index contributed by atoms with van der Waals surface area (Å²) in [6.07, 6.45) is 1.22. The van der Waals surface area contributed by atoms with Crippen LogP contribution in [-0.4, -0.2) is 18.5 Å². The zero-order valence-corrected chi connectivity index (χ0v) is 10.9. The maximum absolute atomic E-state index is 11.7. The molecule has 0 spiro atoms. The van der Waals surface area contributed by atoms with Crippen molar-refractivity contribution in [3.05, 3.63) is 39.4 Å². The lowest BCUT2D eigenvalue weighted by Gasteiger charge is -2.02. The van der Waals surface area contributed by atoms with E-state index in [1.807, 2.05) is 0 Å². The Balaban J connectivity index is 2.44. The Kier molecular flexibility index (Phi) is 3.59. The molecule has 1 aliphatic rings. The Morgan fingerprint density at radius 1 is 1.33 bits per heavy atom. The lowest BCUT2D eigenvalue weighted by atomic mass is 10.1. The van der Waals surface area contributed by atoms with E-state index in [1.54, 1.807) is 13.0 Å². The largest absolute Gasteiger partial charge is 0.463 e. The first-order chi connectivity index (χ1) is 8.52. The van der Waals surface area contributed by atoms with Crippen molar-refractivity contribution in [3.8, 4) is 0 Å². The second-order valence-electron chi connectivity index (χ2n) is 3.58. The highest BCUT2D eigenvalue weighted by atomic mass is 35.5. The van der Waals surface area contributed by atoms with E-state index in [0.717, 1.165) is 0 Å². The van der Waals surface area contributed by atoms with Crippen LogP contribution in [0.25, 0.3) is 5.70 Å². The van der Waals surface area contributed by atoms with E-state index in [-0.39, 0.29) is 12.5 Å². The summed E-state index contributed by atoms with van der Waals surface area (Å²) in [7, 11) is 0. The molecule has 4 nitrogen and oxygen atoms in total. The summed E-state index contributed by atoms with van der Waals surface area (Å²) in [6.45, 7) is 1.97. The molecular weight excluding hydrogens is 277 g/mol.